The molecule has 2 aromatic carbocycles. The lowest BCUT2D eigenvalue weighted by atomic mass is 10.0. The first kappa shape index (κ1) is 13.4. The molecule has 0 saturated carbocycles. The second kappa shape index (κ2) is 5.47. The van der Waals surface area contributed by atoms with E-state index in [2.05, 4.69) is 96.0 Å². The highest BCUT2D eigenvalue weighted by Crippen LogP contribution is 2.36. The topological polar surface area (TPSA) is 15.3 Å². The number of nitrogens with zero attached hydrogens (tertiary/aromatic N) is 1. The predicted octanol–water partition coefficient (Wildman–Crippen LogP) is 3.97. The van der Waals surface area contributed by atoms with Crippen molar-refractivity contribution in [1.82, 2.24) is 5.32 Å². The van der Waals surface area contributed by atoms with Crippen LogP contribution in [0.2, 0.25) is 0 Å². The van der Waals surface area contributed by atoms with Crippen LogP contribution in [0, 0.1) is 6.92 Å². The van der Waals surface area contributed by atoms with Crippen LogP contribution in [-0.2, 0) is 0 Å². The minimum atomic E-state index is 0.199. The Balaban J connectivity index is 1.77. The maximum Gasteiger partial charge on any atom is 0.107 e. The van der Waals surface area contributed by atoms with Crippen molar-refractivity contribution in [1.29, 1.82) is 0 Å². The fraction of sp³-hybridized carbons (Fsp3) is 0.200. The predicted molar refractivity (Wildman–Crippen MR) is 91.8 cm³/mol. The third-order valence-corrected chi connectivity index (χ3v) is 4.50. The van der Waals surface area contributed by atoms with Crippen molar-refractivity contribution in [2.24, 2.45) is 0 Å². The van der Waals surface area contributed by atoms with Crippen LogP contribution >= 0.6 is 0 Å². The van der Waals surface area contributed by atoms with Gasteiger partial charge in [-0.05, 0) is 24.6 Å². The minimum Gasteiger partial charge on any atom is -0.343 e. The molecule has 2 heteroatoms. The summed E-state index contributed by atoms with van der Waals surface area (Å²) in [6.45, 7) is 2.13. The van der Waals surface area contributed by atoms with Crippen LogP contribution < -0.4 is 10.2 Å². The van der Waals surface area contributed by atoms with Gasteiger partial charge in [-0.15, -0.1) is 0 Å². The van der Waals surface area contributed by atoms with Crippen molar-refractivity contribution < 1.29 is 0 Å². The molecule has 0 spiro atoms. The van der Waals surface area contributed by atoms with Gasteiger partial charge < -0.3 is 4.90 Å². The van der Waals surface area contributed by atoms with Crippen LogP contribution in [0.15, 0.2) is 78.9 Å². The van der Waals surface area contributed by atoms with E-state index in [9.17, 15) is 0 Å². The van der Waals surface area contributed by atoms with E-state index in [-0.39, 0.29) is 6.17 Å². The molecule has 3 atom stereocenters. The maximum atomic E-state index is 3.77. The number of benzene rings is 2. The highest BCUT2D eigenvalue weighted by Gasteiger charge is 2.39. The fourth-order valence-corrected chi connectivity index (χ4v) is 3.38. The Hall–Kier alpha value is -2.32. The van der Waals surface area contributed by atoms with E-state index < -0.39 is 0 Å². The van der Waals surface area contributed by atoms with Crippen LogP contribution in [0.1, 0.15) is 17.3 Å². The van der Waals surface area contributed by atoms with Crippen molar-refractivity contribution in [2.75, 3.05) is 4.90 Å². The Morgan fingerprint density at radius 2 is 1.59 bits per heavy atom. The van der Waals surface area contributed by atoms with E-state index >= 15 is 0 Å². The number of allylic oxidation sites excluding steroid dienone is 2. The maximum absolute atomic E-state index is 3.77. The molecule has 0 bridgehead atoms. The van der Waals surface area contributed by atoms with E-state index in [0.29, 0.717) is 12.1 Å². The summed E-state index contributed by atoms with van der Waals surface area (Å²) in [6.07, 6.45) is 9.03. The molecule has 0 radical (unpaired) electrons. The Bertz CT molecular complexity index is 700. The molecule has 1 heterocycles. The van der Waals surface area contributed by atoms with Gasteiger partial charge in [-0.2, -0.15) is 0 Å². The molecule has 1 aliphatic carbocycles. The number of aryl methyl sites for hydroxylation is 1. The van der Waals surface area contributed by atoms with Crippen molar-refractivity contribution in [2.45, 2.75) is 25.2 Å². The van der Waals surface area contributed by atoms with Crippen LogP contribution in [0.3, 0.4) is 0 Å². The highest BCUT2D eigenvalue weighted by molar-refractivity contribution is 5.54. The lowest BCUT2D eigenvalue weighted by Crippen LogP contribution is -2.34. The molecule has 110 valence electrons. The van der Waals surface area contributed by atoms with E-state index in [1.807, 2.05) is 0 Å². The summed E-state index contributed by atoms with van der Waals surface area (Å²) in [5.74, 6) is 0. The quantitative estimate of drug-likeness (QED) is 0.899. The second-order valence-corrected chi connectivity index (χ2v) is 6.01. The Kier molecular flexibility index (Phi) is 3.32. The Morgan fingerprint density at radius 3 is 2.36 bits per heavy atom. The molecule has 22 heavy (non-hydrogen) atoms. The molecule has 1 N–H and O–H groups in total. The molecular weight excluding hydrogens is 268 g/mol. The van der Waals surface area contributed by atoms with Crippen molar-refractivity contribution in [3.8, 4) is 0 Å². The molecule has 1 aliphatic heterocycles. The fourth-order valence-electron chi connectivity index (χ4n) is 3.38. The molecule has 4 rings (SSSR count). The zero-order valence-corrected chi connectivity index (χ0v) is 12.7. The number of fused-ring (bicyclic) bond motifs is 1. The Labute approximate surface area is 131 Å². The molecule has 0 amide bonds. The molecule has 1 saturated heterocycles. The monoisotopic (exact) mass is 288 g/mol. The van der Waals surface area contributed by atoms with Gasteiger partial charge >= 0.3 is 0 Å². The Morgan fingerprint density at radius 1 is 0.864 bits per heavy atom. The first-order chi connectivity index (χ1) is 10.8. The van der Waals surface area contributed by atoms with Crippen molar-refractivity contribution in [3.05, 3.63) is 90.0 Å². The average molecular weight is 288 g/mol. The van der Waals surface area contributed by atoms with Crippen LogP contribution in [0.5, 0.6) is 0 Å². The van der Waals surface area contributed by atoms with Crippen molar-refractivity contribution in [3.63, 3.8) is 0 Å². The molecule has 1 fully saturated rings. The van der Waals surface area contributed by atoms with Gasteiger partial charge in [0, 0.05) is 5.69 Å². The SMILES string of the molecule is Cc1ccc(C2NC3C=CC=CC3N2c2ccccc2)cc1. The number of nitrogens with one attached hydrogen (secondary N) is 1. The lowest BCUT2D eigenvalue weighted by Gasteiger charge is -2.31. The summed E-state index contributed by atoms with van der Waals surface area (Å²) in [7, 11) is 0. The lowest BCUT2D eigenvalue weighted by molar-refractivity contribution is 0.610. The number of hydrogen-bond donors (Lipinski definition) is 1. The highest BCUT2D eigenvalue weighted by atomic mass is 15.4. The van der Waals surface area contributed by atoms with Gasteiger partial charge in [0.25, 0.3) is 0 Å². The van der Waals surface area contributed by atoms with E-state index in [1.165, 1.54) is 16.8 Å². The van der Waals surface area contributed by atoms with Crippen LogP contribution in [0.4, 0.5) is 5.69 Å². The molecule has 2 nitrogen and oxygen atoms in total. The largest absolute Gasteiger partial charge is 0.343 e. The standard InChI is InChI=1S/C20H20N2/c1-15-11-13-16(14-12-15)20-21-18-9-5-6-10-19(18)22(20)17-7-3-2-4-8-17/h2-14,18-21H,1H3. The number of hydrogen-bond acceptors (Lipinski definition) is 2. The van der Waals surface area contributed by atoms with Gasteiger partial charge in [0.2, 0.25) is 0 Å². The molecule has 0 aromatic heterocycles. The van der Waals surface area contributed by atoms with Crippen LogP contribution in [0.25, 0.3) is 0 Å². The van der Waals surface area contributed by atoms with E-state index in [4.69, 9.17) is 0 Å². The molecule has 3 unspecified atom stereocenters. The summed E-state index contributed by atoms with van der Waals surface area (Å²) in [5.41, 5.74) is 3.86. The first-order valence-corrected chi connectivity index (χ1v) is 7.84. The molecular formula is C20H20N2. The zero-order chi connectivity index (χ0) is 14.9. The van der Waals surface area contributed by atoms with Gasteiger partial charge in [-0.3, -0.25) is 5.32 Å². The third-order valence-electron chi connectivity index (χ3n) is 4.50. The van der Waals surface area contributed by atoms with Gasteiger partial charge in [0.15, 0.2) is 0 Å². The molecule has 2 aromatic rings. The van der Waals surface area contributed by atoms with Gasteiger partial charge in [-0.25, -0.2) is 0 Å². The molecule has 2 aliphatic rings. The minimum absolute atomic E-state index is 0.199. The normalized spacial score (nSPS) is 26.2. The number of para-hydroxylation sites is 1. The van der Waals surface area contributed by atoms with E-state index in [1.54, 1.807) is 0 Å². The van der Waals surface area contributed by atoms with Crippen LogP contribution in [-0.4, -0.2) is 12.1 Å². The summed E-state index contributed by atoms with van der Waals surface area (Å²) in [6, 6.07) is 20.2. The summed E-state index contributed by atoms with van der Waals surface area (Å²) in [5, 5.41) is 3.77. The van der Waals surface area contributed by atoms with Gasteiger partial charge in [0.05, 0.1) is 12.1 Å². The first-order valence-electron chi connectivity index (χ1n) is 7.84. The third kappa shape index (κ3) is 2.26. The smallest absolute Gasteiger partial charge is 0.107 e. The summed E-state index contributed by atoms with van der Waals surface area (Å²) >= 11 is 0. The average Bonchev–Trinajstić information content (AvgIpc) is 2.96. The second-order valence-electron chi connectivity index (χ2n) is 6.01. The summed E-state index contributed by atoms with van der Waals surface area (Å²) < 4.78 is 0. The van der Waals surface area contributed by atoms with Gasteiger partial charge in [-0.1, -0.05) is 72.3 Å². The van der Waals surface area contributed by atoms with E-state index in [0.717, 1.165) is 0 Å². The number of rotatable bonds is 2. The summed E-state index contributed by atoms with van der Waals surface area (Å²) in [4.78, 5) is 2.48. The number of anilines is 1. The van der Waals surface area contributed by atoms with Crippen molar-refractivity contribution >= 4 is 5.69 Å². The zero-order valence-electron chi connectivity index (χ0n) is 12.7. The van der Waals surface area contributed by atoms with Gasteiger partial charge in [0.1, 0.15) is 6.17 Å².